The Labute approximate surface area is 132 Å². The summed E-state index contributed by atoms with van der Waals surface area (Å²) >= 11 is 0. The van der Waals surface area contributed by atoms with Gasteiger partial charge in [0.1, 0.15) is 0 Å². The largest absolute Gasteiger partial charge is 0.382 e. The molecule has 1 rings (SSSR count). The average Bonchev–Trinajstić information content (AvgIpc) is 2.33. The van der Waals surface area contributed by atoms with E-state index in [9.17, 15) is 16.8 Å². The lowest BCUT2D eigenvalue weighted by atomic mass is 9.89. The molecule has 1 atom stereocenters. The molecular weight excluding hydrogens is 324 g/mol. The highest BCUT2D eigenvalue weighted by molar-refractivity contribution is 7.91. The lowest BCUT2D eigenvalue weighted by Gasteiger charge is -2.30. The van der Waals surface area contributed by atoms with Crippen LogP contribution in [0.25, 0.3) is 0 Å². The Morgan fingerprint density at radius 3 is 2.09 bits per heavy atom. The van der Waals surface area contributed by atoms with Crippen molar-refractivity contribution in [2.75, 3.05) is 24.4 Å². The quantitative estimate of drug-likeness (QED) is 0.802. The van der Waals surface area contributed by atoms with Gasteiger partial charge in [0.15, 0.2) is 19.7 Å². The van der Waals surface area contributed by atoms with Gasteiger partial charge in [-0.3, -0.25) is 0 Å². The smallest absolute Gasteiger partial charge is 0.177 e. The molecular formula is C14H24N2O4S2. The summed E-state index contributed by atoms with van der Waals surface area (Å²) in [5.74, 6) is 0.192. The lowest BCUT2D eigenvalue weighted by molar-refractivity contribution is 0.358. The van der Waals surface area contributed by atoms with E-state index in [2.05, 4.69) is 5.32 Å². The van der Waals surface area contributed by atoms with Crippen LogP contribution < -0.4 is 11.1 Å². The molecule has 8 heteroatoms. The molecule has 1 aromatic rings. The van der Waals surface area contributed by atoms with Crippen LogP contribution in [-0.4, -0.2) is 41.4 Å². The van der Waals surface area contributed by atoms with Crippen LogP contribution in [0.3, 0.4) is 0 Å². The minimum Gasteiger partial charge on any atom is -0.382 e. The van der Waals surface area contributed by atoms with E-state index in [0.29, 0.717) is 12.2 Å². The third-order valence-corrected chi connectivity index (χ3v) is 6.01. The van der Waals surface area contributed by atoms with Crippen LogP contribution in [0.4, 0.5) is 5.69 Å². The van der Waals surface area contributed by atoms with Gasteiger partial charge in [-0.05, 0) is 31.0 Å². The highest BCUT2D eigenvalue weighted by atomic mass is 32.2. The van der Waals surface area contributed by atoms with Crippen LogP contribution in [0.1, 0.15) is 20.8 Å². The fourth-order valence-electron chi connectivity index (χ4n) is 1.68. The Kier molecular flexibility index (Phi) is 5.31. The normalized spacial score (nSPS) is 15.6. The Morgan fingerprint density at radius 2 is 1.68 bits per heavy atom. The monoisotopic (exact) mass is 348 g/mol. The molecule has 6 nitrogen and oxygen atoms in total. The minimum atomic E-state index is -3.57. The van der Waals surface area contributed by atoms with Gasteiger partial charge in [0, 0.05) is 24.6 Å². The fraction of sp³-hybridized carbons (Fsp3) is 0.571. The van der Waals surface area contributed by atoms with Crippen molar-refractivity contribution in [1.29, 1.82) is 0 Å². The first-order valence-electron chi connectivity index (χ1n) is 6.82. The molecule has 22 heavy (non-hydrogen) atoms. The van der Waals surface area contributed by atoms with Crippen LogP contribution in [0.2, 0.25) is 0 Å². The highest BCUT2D eigenvalue weighted by Crippen LogP contribution is 2.26. The Bertz CT molecular complexity index is 751. The molecule has 0 aromatic heterocycles. The maximum atomic E-state index is 11.9. The SMILES string of the molecule is CC(C)[C@@](C)(N)CNc1ccc(S(C)(=O)=O)cc1S(C)(=O)=O. The van der Waals surface area contributed by atoms with Crippen molar-refractivity contribution >= 4 is 25.4 Å². The number of hydrogen-bond acceptors (Lipinski definition) is 6. The second-order valence-corrected chi connectivity index (χ2v) is 10.2. The molecule has 0 spiro atoms. The standard InChI is InChI=1S/C14H24N2O4S2/c1-10(2)14(3,15)9-16-12-7-6-11(21(4,17)18)8-13(12)22(5,19)20/h6-8,10,16H,9,15H2,1-5H3/t14-/m0/s1. The summed E-state index contributed by atoms with van der Waals surface area (Å²) in [6.45, 7) is 6.19. The van der Waals surface area contributed by atoms with Crippen molar-refractivity contribution in [3.8, 4) is 0 Å². The summed E-state index contributed by atoms with van der Waals surface area (Å²) in [5, 5.41) is 3.02. The molecule has 0 saturated heterocycles. The number of benzene rings is 1. The van der Waals surface area contributed by atoms with Gasteiger partial charge in [0.2, 0.25) is 0 Å². The van der Waals surface area contributed by atoms with Crippen molar-refractivity contribution in [1.82, 2.24) is 0 Å². The van der Waals surface area contributed by atoms with Crippen LogP contribution in [-0.2, 0) is 19.7 Å². The number of rotatable bonds is 6. The first-order chi connectivity index (χ1) is 9.75. The van der Waals surface area contributed by atoms with Gasteiger partial charge in [-0.15, -0.1) is 0 Å². The highest BCUT2D eigenvalue weighted by Gasteiger charge is 2.24. The Hall–Kier alpha value is -1.12. The van der Waals surface area contributed by atoms with E-state index in [-0.39, 0.29) is 15.7 Å². The lowest BCUT2D eigenvalue weighted by Crippen LogP contribution is -2.48. The van der Waals surface area contributed by atoms with Crippen LogP contribution in [0.15, 0.2) is 28.0 Å². The van der Waals surface area contributed by atoms with Crippen molar-refractivity contribution in [3.05, 3.63) is 18.2 Å². The third-order valence-electron chi connectivity index (χ3n) is 3.76. The summed E-state index contributed by atoms with van der Waals surface area (Å²) in [4.78, 5) is -0.0761. The maximum absolute atomic E-state index is 11.9. The van der Waals surface area contributed by atoms with Crippen molar-refractivity contribution in [2.45, 2.75) is 36.1 Å². The zero-order valence-corrected chi connectivity index (χ0v) is 15.2. The van der Waals surface area contributed by atoms with Gasteiger partial charge in [0.05, 0.1) is 15.5 Å². The number of hydrogen-bond donors (Lipinski definition) is 2. The predicted molar refractivity (Wildman–Crippen MR) is 88.6 cm³/mol. The first-order valence-corrected chi connectivity index (χ1v) is 10.6. The minimum absolute atomic E-state index is 0.0298. The topological polar surface area (TPSA) is 106 Å². The van der Waals surface area contributed by atoms with Gasteiger partial charge >= 0.3 is 0 Å². The third kappa shape index (κ3) is 4.69. The molecule has 0 aliphatic rings. The van der Waals surface area contributed by atoms with Gasteiger partial charge < -0.3 is 11.1 Å². The van der Waals surface area contributed by atoms with Gasteiger partial charge in [-0.2, -0.15) is 0 Å². The van der Waals surface area contributed by atoms with Gasteiger partial charge in [0.25, 0.3) is 0 Å². The van der Waals surface area contributed by atoms with E-state index >= 15 is 0 Å². The number of nitrogens with one attached hydrogen (secondary N) is 1. The average molecular weight is 348 g/mol. The second-order valence-electron chi connectivity index (χ2n) is 6.22. The Morgan fingerprint density at radius 1 is 1.14 bits per heavy atom. The molecule has 0 fully saturated rings. The first kappa shape index (κ1) is 18.9. The molecule has 0 amide bonds. The van der Waals surface area contributed by atoms with Crippen LogP contribution >= 0.6 is 0 Å². The number of anilines is 1. The molecule has 3 N–H and O–H groups in total. The molecule has 0 bridgehead atoms. The van der Waals surface area contributed by atoms with E-state index in [1.165, 1.54) is 18.2 Å². The molecule has 126 valence electrons. The fourth-order valence-corrected chi connectivity index (χ4v) is 3.28. The molecule has 0 radical (unpaired) electrons. The zero-order chi connectivity index (χ0) is 17.3. The summed E-state index contributed by atoms with van der Waals surface area (Å²) in [6, 6.07) is 4.02. The van der Waals surface area contributed by atoms with E-state index in [1.807, 2.05) is 20.8 Å². The Balaban J connectivity index is 3.27. The van der Waals surface area contributed by atoms with E-state index in [1.54, 1.807) is 0 Å². The van der Waals surface area contributed by atoms with Crippen LogP contribution in [0, 0.1) is 5.92 Å². The summed E-state index contributed by atoms with van der Waals surface area (Å²) in [5.41, 5.74) is 5.99. The predicted octanol–water partition coefficient (Wildman–Crippen LogP) is 1.28. The molecule has 0 heterocycles. The number of nitrogens with two attached hydrogens (primary N) is 1. The van der Waals surface area contributed by atoms with Crippen molar-refractivity contribution in [2.24, 2.45) is 11.7 Å². The summed E-state index contributed by atoms with van der Waals surface area (Å²) in [6.07, 6.45) is 2.08. The molecule has 1 aromatic carbocycles. The van der Waals surface area contributed by atoms with Crippen molar-refractivity contribution < 1.29 is 16.8 Å². The van der Waals surface area contributed by atoms with Gasteiger partial charge in [-0.1, -0.05) is 13.8 Å². The molecule has 0 unspecified atom stereocenters. The number of sulfone groups is 2. The van der Waals surface area contributed by atoms with E-state index in [4.69, 9.17) is 5.73 Å². The van der Waals surface area contributed by atoms with Crippen LogP contribution in [0.5, 0.6) is 0 Å². The maximum Gasteiger partial charge on any atom is 0.177 e. The second kappa shape index (κ2) is 6.17. The zero-order valence-electron chi connectivity index (χ0n) is 13.5. The summed E-state index contributed by atoms with van der Waals surface area (Å²) in [7, 11) is -7.05. The van der Waals surface area contributed by atoms with E-state index in [0.717, 1.165) is 12.5 Å². The summed E-state index contributed by atoms with van der Waals surface area (Å²) < 4.78 is 47.0. The van der Waals surface area contributed by atoms with E-state index < -0.39 is 25.2 Å². The van der Waals surface area contributed by atoms with Gasteiger partial charge in [-0.25, -0.2) is 16.8 Å². The molecule has 0 aliphatic heterocycles. The molecule has 0 saturated carbocycles. The molecule has 0 aliphatic carbocycles. The van der Waals surface area contributed by atoms with Crippen molar-refractivity contribution in [3.63, 3.8) is 0 Å².